The Morgan fingerprint density at radius 3 is 2.46 bits per heavy atom. The SMILES string of the molecule is CC(=O)Nc1cccc(Nc2ccnc(Nc3ccc(Cl)c(Cl)c3)n2)c1. The van der Waals surface area contributed by atoms with Gasteiger partial charge in [0, 0.05) is 30.2 Å². The van der Waals surface area contributed by atoms with Crippen LogP contribution in [0.1, 0.15) is 6.92 Å². The van der Waals surface area contributed by atoms with Crippen LogP contribution >= 0.6 is 23.2 Å². The van der Waals surface area contributed by atoms with E-state index in [-0.39, 0.29) is 5.91 Å². The lowest BCUT2D eigenvalue weighted by molar-refractivity contribution is -0.114. The molecule has 0 aliphatic carbocycles. The zero-order valence-electron chi connectivity index (χ0n) is 13.8. The number of anilines is 5. The second-order valence-corrected chi connectivity index (χ2v) is 6.22. The molecule has 0 atom stereocenters. The fraction of sp³-hybridized carbons (Fsp3) is 0.0556. The van der Waals surface area contributed by atoms with Crippen LogP contribution in [0.2, 0.25) is 10.0 Å². The Hall–Kier alpha value is -2.83. The van der Waals surface area contributed by atoms with E-state index in [1.165, 1.54) is 6.92 Å². The molecule has 26 heavy (non-hydrogen) atoms. The maximum absolute atomic E-state index is 11.2. The van der Waals surface area contributed by atoms with Gasteiger partial charge in [-0.15, -0.1) is 0 Å². The monoisotopic (exact) mass is 387 g/mol. The fourth-order valence-electron chi connectivity index (χ4n) is 2.22. The van der Waals surface area contributed by atoms with Crippen molar-refractivity contribution in [2.75, 3.05) is 16.0 Å². The van der Waals surface area contributed by atoms with Crippen LogP contribution in [0.5, 0.6) is 0 Å². The zero-order valence-corrected chi connectivity index (χ0v) is 15.3. The van der Waals surface area contributed by atoms with Crippen LogP contribution in [0.3, 0.4) is 0 Å². The third-order valence-electron chi connectivity index (χ3n) is 3.29. The molecule has 3 aromatic rings. The highest BCUT2D eigenvalue weighted by atomic mass is 35.5. The summed E-state index contributed by atoms with van der Waals surface area (Å²) in [5, 5.41) is 9.91. The Bertz CT molecular complexity index is 948. The van der Waals surface area contributed by atoms with Crippen molar-refractivity contribution in [2.24, 2.45) is 0 Å². The predicted octanol–water partition coefficient (Wildman–Crippen LogP) is 5.23. The summed E-state index contributed by atoms with van der Waals surface area (Å²) >= 11 is 11.9. The van der Waals surface area contributed by atoms with Gasteiger partial charge in [-0.3, -0.25) is 4.79 Å². The molecule has 0 unspecified atom stereocenters. The van der Waals surface area contributed by atoms with Crippen molar-refractivity contribution in [3.8, 4) is 0 Å². The van der Waals surface area contributed by atoms with E-state index in [2.05, 4.69) is 25.9 Å². The van der Waals surface area contributed by atoms with E-state index in [4.69, 9.17) is 23.2 Å². The molecule has 1 amide bonds. The quantitative estimate of drug-likeness (QED) is 0.558. The van der Waals surface area contributed by atoms with Gasteiger partial charge in [-0.25, -0.2) is 4.98 Å². The van der Waals surface area contributed by atoms with Gasteiger partial charge < -0.3 is 16.0 Å². The minimum Gasteiger partial charge on any atom is -0.340 e. The summed E-state index contributed by atoms with van der Waals surface area (Å²) in [7, 11) is 0. The highest BCUT2D eigenvalue weighted by molar-refractivity contribution is 6.42. The molecule has 1 aromatic heterocycles. The number of hydrogen-bond acceptors (Lipinski definition) is 5. The topological polar surface area (TPSA) is 78.9 Å². The van der Waals surface area contributed by atoms with Gasteiger partial charge in [0.1, 0.15) is 5.82 Å². The lowest BCUT2D eigenvalue weighted by Gasteiger charge is -2.10. The first-order chi connectivity index (χ1) is 12.5. The number of carbonyl (C=O) groups excluding carboxylic acids is 1. The van der Waals surface area contributed by atoms with Gasteiger partial charge in [0.15, 0.2) is 0 Å². The van der Waals surface area contributed by atoms with Gasteiger partial charge in [0.05, 0.1) is 10.0 Å². The normalized spacial score (nSPS) is 10.3. The minimum absolute atomic E-state index is 0.128. The summed E-state index contributed by atoms with van der Waals surface area (Å²) < 4.78 is 0. The van der Waals surface area contributed by atoms with E-state index in [0.29, 0.717) is 27.5 Å². The molecule has 0 radical (unpaired) electrons. The van der Waals surface area contributed by atoms with Gasteiger partial charge in [-0.05, 0) is 42.5 Å². The Balaban J connectivity index is 1.75. The molecule has 1 heterocycles. The molecule has 0 bridgehead atoms. The van der Waals surface area contributed by atoms with E-state index < -0.39 is 0 Å². The molecule has 0 saturated heterocycles. The lowest BCUT2D eigenvalue weighted by Crippen LogP contribution is -2.06. The summed E-state index contributed by atoms with van der Waals surface area (Å²) in [5.74, 6) is 0.881. The molecule has 3 rings (SSSR count). The minimum atomic E-state index is -0.128. The second-order valence-electron chi connectivity index (χ2n) is 5.41. The fourth-order valence-corrected chi connectivity index (χ4v) is 2.52. The van der Waals surface area contributed by atoms with E-state index in [1.54, 1.807) is 30.5 Å². The molecule has 3 N–H and O–H groups in total. The van der Waals surface area contributed by atoms with Gasteiger partial charge in [-0.2, -0.15) is 4.98 Å². The van der Waals surface area contributed by atoms with Gasteiger partial charge in [-0.1, -0.05) is 29.3 Å². The lowest BCUT2D eigenvalue weighted by atomic mass is 10.2. The van der Waals surface area contributed by atoms with Crippen LogP contribution in [0.4, 0.5) is 28.8 Å². The molecule has 0 spiro atoms. The molecule has 0 fully saturated rings. The molecular weight excluding hydrogens is 373 g/mol. The van der Waals surface area contributed by atoms with Crippen LogP contribution in [0, 0.1) is 0 Å². The molecule has 132 valence electrons. The molecular formula is C18H15Cl2N5O. The van der Waals surface area contributed by atoms with Gasteiger partial charge >= 0.3 is 0 Å². The number of nitrogens with one attached hydrogen (secondary N) is 3. The van der Waals surface area contributed by atoms with Crippen molar-refractivity contribution in [3.63, 3.8) is 0 Å². The highest BCUT2D eigenvalue weighted by Gasteiger charge is 2.04. The first kappa shape index (κ1) is 18.0. The Labute approximate surface area is 160 Å². The number of aromatic nitrogens is 2. The average Bonchev–Trinajstić information content (AvgIpc) is 2.58. The summed E-state index contributed by atoms with van der Waals surface area (Å²) in [6.07, 6.45) is 1.63. The molecule has 6 nitrogen and oxygen atoms in total. The largest absolute Gasteiger partial charge is 0.340 e. The van der Waals surface area contributed by atoms with E-state index in [0.717, 1.165) is 11.4 Å². The number of nitrogens with zero attached hydrogens (tertiary/aromatic N) is 2. The first-order valence-electron chi connectivity index (χ1n) is 7.69. The number of halogens is 2. The Morgan fingerprint density at radius 1 is 0.923 bits per heavy atom. The number of rotatable bonds is 5. The molecule has 8 heteroatoms. The molecule has 0 aliphatic rings. The van der Waals surface area contributed by atoms with Crippen LogP contribution < -0.4 is 16.0 Å². The number of carbonyl (C=O) groups is 1. The summed E-state index contributed by atoms with van der Waals surface area (Å²) in [6.45, 7) is 1.46. The number of benzene rings is 2. The summed E-state index contributed by atoms with van der Waals surface area (Å²) in [6, 6.07) is 14.3. The smallest absolute Gasteiger partial charge is 0.229 e. The third-order valence-corrected chi connectivity index (χ3v) is 4.03. The zero-order chi connectivity index (χ0) is 18.5. The van der Waals surface area contributed by atoms with Crippen LogP contribution in [-0.2, 0) is 4.79 Å². The van der Waals surface area contributed by atoms with Crippen LogP contribution in [-0.4, -0.2) is 15.9 Å². The van der Waals surface area contributed by atoms with Crippen LogP contribution in [0.15, 0.2) is 54.7 Å². The number of amides is 1. The molecule has 2 aromatic carbocycles. The van der Waals surface area contributed by atoms with Gasteiger partial charge in [0.2, 0.25) is 11.9 Å². The van der Waals surface area contributed by atoms with Crippen molar-refractivity contribution in [2.45, 2.75) is 6.92 Å². The summed E-state index contributed by atoms with van der Waals surface area (Å²) in [4.78, 5) is 19.8. The standard InChI is InChI=1S/C18H15Cl2N5O/c1-11(26)22-12-3-2-4-13(9-12)23-17-7-8-21-18(25-17)24-14-5-6-15(19)16(20)10-14/h2-10H,1H3,(H,22,26)(H2,21,23,24,25). The highest BCUT2D eigenvalue weighted by Crippen LogP contribution is 2.26. The maximum Gasteiger partial charge on any atom is 0.229 e. The molecule has 0 saturated carbocycles. The first-order valence-corrected chi connectivity index (χ1v) is 8.45. The Morgan fingerprint density at radius 2 is 1.69 bits per heavy atom. The second kappa shape index (κ2) is 8.03. The van der Waals surface area contributed by atoms with Gasteiger partial charge in [0.25, 0.3) is 0 Å². The van der Waals surface area contributed by atoms with Crippen molar-refractivity contribution < 1.29 is 4.79 Å². The summed E-state index contributed by atoms with van der Waals surface area (Å²) in [5.41, 5.74) is 2.21. The van der Waals surface area contributed by atoms with E-state index >= 15 is 0 Å². The predicted molar refractivity (Wildman–Crippen MR) is 106 cm³/mol. The van der Waals surface area contributed by atoms with Crippen molar-refractivity contribution in [1.82, 2.24) is 9.97 Å². The average molecular weight is 388 g/mol. The van der Waals surface area contributed by atoms with Crippen LogP contribution in [0.25, 0.3) is 0 Å². The Kier molecular flexibility index (Phi) is 5.55. The van der Waals surface area contributed by atoms with E-state index in [9.17, 15) is 4.79 Å². The van der Waals surface area contributed by atoms with Crippen molar-refractivity contribution >= 4 is 57.9 Å². The van der Waals surface area contributed by atoms with Crippen molar-refractivity contribution in [1.29, 1.82) is 0 Å². The molecule has 0 aliphatic heterocycles. The maximum atomic E-state index is 11.2. The third kappa shape index (κ3) is 4.84. The number of hydrogen-bond donors (Lipinski definition) is 3. The van der Waals surface area contributed by atoms with Crippen molar-refractivity contribution in [3.05, 3.63) is 64.8 Å². The van der Waals surface area contributed by atoms with E-state index in [1.807, 2.05) is 24.3 Å².